The number of piperazine rings is 1. The first-order valence-corrected chi connectivity index (χ1v) is 9.24. The summed E-state index contributed by atoms with van der Waals surface area (Å²) in [5.74, 6) is 1.80. The van der Waals surface area contributed by atoms with Gasteiger partial charge < -0.3 is 15.1 Å². The molecule has 3 rings (SSSR count). The molecule has 26 heavy (non-hydrogen) atoms. The van der Waals surface area contributed by atoms with Crippen LogP contribution >= 0.6 is 0 Å². The van der Waals surface area contributed by atoms with Crippen molar-refractivity contribution < 1.29 is 4.79 Å². The van der Waals surface area contributed by atoms with Gasteiger partial charge in [0.25, 0.3) is 0 Å². The molecule has 0 radical (unpaired) electrons. The van der Waals surface area contributed by atoms with Crippen molar-refractivity contribution >= 4 is 11.8 Å². The van der Waals surface area contributed by atoms with E-state index < -0.39 is 0 Å². The van der Waals surface area contributed by atoms with Crippen LogP contribution in [-0.4, -0.2) is 53.6 Å². The molecular weight excluding hydrogens is 326 g/mol. The Hall–Kier alpha value is -2.63. The van der Waals surface area contributed by atoms with E-state index in [0.717, 1.165) is 36.8 Å². The van der Waals surface area contributed by atoms with E-state index in [2.05, 4.69) is 46.4 Å². The number of rotatable bonds is 4. The highest BCUT2D eigenvalue weighted by Gasteiger charge is 2.24. The van der Waals surface area contributed by atoms with Gasteiger partial charge in [0.2, 0.25) is 0 Å². The smallest absolute Gasteiger partial charge is 0.317 e. The molecule has 0 aliphatic carbocycles. The third-order valence-corrected chi connectivity index (χ3v) is 4.72. The fraction of sp³-hybridized carbons (Fsp3) is 0.450. The van der Waals surface area contributed by atoms with Crippen LogP contribution < -0.4 is 10.2 Å². The Labute approximate surface area is 155 Å². The number of anilines is 1. The lowest BCUT2D eigenvalue weighted by atomic mass is 10.0. The molecule has 1 saturated heterocycles. The Bertz CT molecular complexity index is 754. The van der Waals surface area contributed by atoms with E-state index in [1.165, 1.54) is 11.1 Å². The molecule has 1 aromatic heterocycles. The number of carbonyl (C=O) groups excluding carboxylic acids is 1. The highest BCUT2D eigenvalue weighted by Crippen LogP contribution is 2.25. The molecule has 2 aromatic rings. The molecule has 1 aliphatic heterocycles. The Morgan fingerprint density at radius 1 is 1.08 bits per heavy atom. The summed E-state index contributed by atoms with van der Waals surface area (Å²) >= 11 is 0. The predicted molar refractivity (Wildman–Crippen MR) is 104 cm³/mol. The van der Waals surface area contributed by atoms with Crippen LogP contribution in [0.5, 0.6) is 0 Å². The van der Waals surface area contributed by atoms with Gasteiger partial charge in [-0.25, -0.2) is 14.8 Å². The van der Waals surface area contributed by atoms with E-state index in [4.69, 9.17) is 4.98 Å². The van der Waals surface area contributed by atoms with Gasteiger partial charge in [0.05, 0.1) is 0 Å². The fourth-order valence-electron chi connectivity index (χ4n) is 3.37. The Morgan fingerprint density at radius 2 is 1.77 bits per heavy atom. The van der Waals surface area contributed by atoms with Crippen molar-refractivity contribution in [2.75, 3.05) is 37.6 Å². The van der Waals surface area contributed by atoms with Crippen LogP contribution in [0.1, 0.15) is 29.6 Å². The van der Waals surface area contributed by atoms with E-state index in [0.29, 0.717) is 19.6 Å². The number of hydrogen-bond donors (Lipinski definition) is 1. The third kappa shape index (κ3) is 4.12. The number of amides is 2. The van der Waals surface area contributed by atoms with Crippen molar-refractivity contribution in [2.45, 2.75) is 27.2 Å². The normalized spacial score (nSPS) is 14.4. The van der Waals surface area contributed by atoms with E-state index in [9.17, 15) is 4.79 Å². The van der Waals surface area contributed by atoms with E-state index in [-0.39, 0.29) is 6.03 Å². The maximum Gasteiger partial charge on any atom is 0.317 e. The monoisotopic (exact) mass is 353 g/mol. The average Bonchev–Trinajstić information content (AvgIpc) is 2.65. The van der Waals surface area contributed by atoms with Crippen molar-refractivity contribution in [1.82, 2.24) is 20.2 Å². The summed E-state index contributed by atoms with van der Waals surface area (Å²) in [6.45, 7) is 9.58. The average molecular weight is 353 g/mol. The molecule has 0 unspecified atom stereocenters. The highest BCUT2D eigenvalue weighted by molar-refractivity contribution is 5.74. The quantitative estimate of drug-likeness (QED) is 0.918. The number of benzene rings is 1. The number of carbonyl (C=O) groups is 1. The number of urea groups is 1. The molecule has 0 atom stereocenters. The first kappa shape index (κ1) is 18.2. The first-order chi connectivity index (χ1) is 12.6. The van der Waals surface area contributed by atoms with Crippen LogP contribution in [0, 0.1) is 13.8 Å². The van der Waals surface area contributed by atoms with Gasteiger partial charge in [0.15, 0.2) is 0 Å². The fourth-order valence-corrected chi connectivity index (χ4v) is 3.37. The molecule has 6 heteroatoms. The number of hydrogen-bond acceptors (Lipinski definition) is 4. The largest absolute Gasteiger partial charge is 0.353 e. The van der Waals surface area contributed by atoms with Crippen LogP contribution in [0.3, 0.4) is 0 Å². The van der Waals surface area contributed by atoms with E-state index >= 15 is 0 Å². The van der Waals surface area contributed by atoms with Crippen LogP contribution in [-0.2, 0) is 6.42 Å². The van der Waals surface area contributed by atoms with Crippen LogP contribution in [0.4, 0.5) is 10.6 Å². The number of aryl methyl sites for hydroxylation is 2. The van der Waals surface area contributed by atoms with Gasteiger partial charge in [-0.3, -0.25) is 0 Å². The Balaban J connectivity index is 1.80. The van der Waals surface area contributed by atoms with Crippen molar-refractivity contribution in [3.63, 3.8) is 0 Å². The Morgan fingerprint density at radius 3 is 2.42 bits per heavy atom. The van der Waals surface area contributed by atoms with Gasteiger partial charge >= 0.3 is 6.03 Å². The van der Waals surface area contributed by atoms with Crippen molar-refractivity contribution in [3.8, 4) is 0 Å². The molecule has 1 aromatic carbocycles. The third-order valence-electron chi connectivity index (χ3n) is 4.72. The molecule has 1 aliphatic rings. The first-order valence-electron chi connectivity index (χ1n) is 9.24. The molecule has 138 valence electrons. The van der Waals surface area contributed by atoms with Gasteiger partial charge in [-0.05, 0) is 26.3 Å². The molecule has 2 amide bonds. The molecule has 1 N–H and O–H groups in total. The van der Waals surface area contributed by atoms with Gasteiger partial charge in [-0.15, -0.1) is 0 Å². The number of nitrogens with zero attached hydrogens (tertiary/aromatic N) is 4. The molecule has 0 bridgehead atoms. The van der Waals surface area contributed by atoms with Gasteiger partial charge in [0.1, 0.15) is 11.6 Å². The van der Waals surface area contributed by atoms with Crippen molar-refractivity contribution in [2.24, 2.45) is 0 Å². The maximum atomic E-state index is 12.0. The summed E-state index contributed by atoms with van der Waals surface area (Å²) in [6, 6.07) is 10.4. The summed E-state index contributed by atoms with van der Waals surface area (Å²) in [5.41, 5.74) is 3.46. The summed E-state index contributed by atoms with van der Waals surface area (Å²) in [6.07, 6.45) is 0.818. The standard InChI is InChI=1S/C20H27N5O/c1-4-21-20(26)25-12-10-24(11-13-25)19-18(15(2)22-16(3)23-19)14-17-8-6-5-7-9-17/h5-9H,4,10-14H2,1-3H3,(H,21,26). The highest BCUT2D eigenvalue weighted by atomic mass is 16.2. The minimum absolute atomic E-state index is 0.0201. The second-order valence-electron chi connectivity index (χ2n) is 6.63. The van der Waals surface area contributed by atoms with Gasteiger partial charge in [-0.1, -0.05) is 30.3 Å². The predicted octanol–water partition coefficient (Wildman–Crippen LogP) is 2.54. The molecule has 0 saturated carbocycles. The maximum absolute atomic E-state index is 12.0. The number of nitrogens with one attached hydrogen (secondary N) is 1. The lowest BCUT2D eigenvalue weighted by molar-refractivity contribution is 0.195. The summed E-state index contributed by atoms with van der Waals surface area (Å²) < 4.78 is 0. The minimum atomic E-state index is 0.0201. The summed E-state index contributed by atoms with van der Waals surface area (Å²) in [5, 5.41) is 2.87. The van der Waals surface area contributed by atoms with Crippen LogP contribution in [0.15, 0.2) is 30.3 Å². The van der Waals surface area contributed by atoms with E-state index in [1.54, 1.807) is 0 Å². The van der Waals surface area contributed by atoms with Crippen LogP contribution in [0.25, 0.3) is 0 Å². The molecule has 2 heterocycles. The molecular formula is C20H27N5O. The second kappa shape index (κ2) is 8.17. The lowest BCUT2D eigenvalue weighted by Gasteiger charge is -2.36. The van der Waals surface area contributed by atoms with E-state index in [1.807, 2.05) is 24.8 Å². The van der Waals surface area contributed by atoms with Crippen LogP contribution in [0.2, 0.25) is 0 Å². The molecule has 6 nitrogen and oxygen atoms in total. The second-order valence-corrected chi connectivity index (χ2v) is 6.63. The topological polar surface area (TPSA) is 61.4 Å². The number of aromatic nitrogens is 2. The van der Waals surface area contributed by atoms with Crippen molar-refractivity contribution in [3.05, 3.63) is 53.0 Å². The SMILES string of the molecule is CCNC(=O)N1CCN(c2nc(C)nc(C)c2Cc2ccccc2)CC1. The van der Waals surface area contributed by atoms with Gasteiger partial charge in [0, 0.05) is 50.4 Å². The van der Waals surface area contributed by atoms with Gasteiger partial charge in [-0.2, -0.15) is 0 Å². The minimum Gasteiger partial charge on any atom is -0.353 e. The zero-order valence-electron chi connectivity index (χ0n) is 15.8. The van der Waals surface area contributed by atoms with Crippen molar-refractivity contribution in [1.29, 1.82) is 0 Å². The zero-order valence-corrected chi connectivity index (χ0v) is 15.8. The summed E-state index contributed by atoms with van der Waals surface area (Å²) in [4.78, 5) is 25.5. The summed E-state index contributed by atoms with van der Waals surface area (Å²) in [7, 11) is 0. The lowest BCUT2D eigenvalue weighted by Crippen LogP contribution is -2.52. The zero-order chi connectivity index (χ0) is 18.5. The molecule has 0 spiro atoms. The Kier molecular flexibility index (Phi) is 5.71. The molecule has 1 fully saturated rings.